The molecule has 1 atom stereocenters. The van der Waals surface area contributed by atoms with Crippen LogP contribution >= 0.6 is 11.8 Å². The fraction of sp³-hybridized carbons (Fsp3) is 0.250. The Morgan fingerprint density at radius 2 is 1.71 bits per heavy atom. The summed E-state index contributed by atoms with van der Waals surface area (Å²) in [7, 11) is 4.89. The third-order valence-corrected chi connectivity index (χ3v) is 5.03. The van der Waals surface area contributed by atoms with Gasteiger partial charge in [-0.15, -0.1) is 10.2 Å². The summed E-state index contributed by atoms with van der Waals surface area (Å²) < 4.78 is 16.3. The van der Waals surface area contributed by atoms with Crippen LogP contribution in [-0.4, -0.2) is 42.6 Å². The normalized spacial score (nSPS) is 11.7. The Hall–Kier alpha value is -3.00. The Balaban J connectivity index is 1.73. The monoisotopic (exact) mass is 399 g/mol. The van der Waals surface area contributed by atoms with E-state index in [9.17, 15) is 4.79 Å². The van der Waals surface area contributed by atoms with E-state index in [1.807, 2.05) is 37.3 Å². The average molecular weight is 399 g/mol. The SMILES string of the molecule is COc1cc(OC)cc(-c2nnc(SC(C)C(=O)N(C)c3ccccc3)o2)c1. The predicted octanol–water partition coefficient (Wildman–Crippen LogP) is 3.90. The van der Waals surface area contributed by atoms with Crippen LogP contribution < -0.4 is 14.4 Å². The molecule has 1 heterocycles. The number of methoxy groups -OCH3 is 2. The summed E-state index contributed by atoms with van der Waals surface area (Å²) in [5, 5.41) is 8.06. The van der Waals surface area contributed by atoms with E-state index in [0.717, 1.165) is 5.69 Å². The lowest BCUT2D eigenvalue weighted by molar-refractivity contribution is -0.117. The number of nitrogens with zero attached hydrogens (tertiary/aromatic N) is 3. The lowest BCUT2D eigenvalue weighted by Crippen LogP contribution is -2.33. The highest BCUT2D eigenvalue weighted by molar-refractivity contribution is 8.00. The van der Waals surface area contributed by atoms with Crippen LogP contribution in [-0.2, 0) is 4.79 Å². The van der Waals surface area contributed by atoms with Gasteiger partial charge in [0.25, 0.3) is 5.22 Å². The lowest BCUT2D eigenvalue weighted by Gasteiger charge is -2.20. The maximum Gasteiger partial charge on any atom is 0.277 e. The number of aromatic nitrogens is 2. The van der Waals surface area contributed by atoms with Gasteiger partial charge < -0.3 is 18.8 Å². The number of anilines is 1. The molecule has 0 aliphatic heterocycles. The first-order valence-electron chi connectivity index (χ1n) is 8.58. The number of amides is 1. The second kappa shape index (κ2) is 8.79. The molecular formula is C20H21N3O4S. The van der Waals surface area contributed by atoms with Gasteiger partial charge in [-0.2, -0.15) is 0 Å². The molecule has 0 saturated carbocycles. The first kappa shape index (κ1) is 19.8. The molecule has 146 valence electrons. The standard InChI is InChI=1S/C20H21N3O4S/c1-13(19(24)23(2)15-8-6-5-7-9-15)28-20-22-21-18(27-20)14-10-16(25-3)12-17(11-14)26-4/h5-13H,1-4H3. The van der Waals surface area contributed by atoms with Crippen LogP contribution in [0.4, 0.5) is 5.69 Å². The lowest BCUT2D eigenvalue weighted by atomic mass is 10.2. The van der Waals surface area contributed by atoms with Crippen LogP contribution in [0.15, 0.2) is 58.2 Å². The molecule has 0 fully saturated rings. The molecule has 0 N–H and O–H groups in total. The number of hydrogen-bond donors (Lipinski definition) is 0. The Morgan fingerprint density at radius 3 is 2.32 bits per heavy atom. The Bertz CT molecular complexity index is 923. The summed E-state index contributed by atoms with van der Waals surface area (Å²) in [5.74, 6) is 1.51. The van der Waals surface area contributed by atoms with Crippen LogP contribution in [0, 0.1) is 0 Å². The summed E-state index contributed by atoms with van der Waals surface area (Å²) in [6.45, 7) is 1.81. The fourth-order valence-corrected chi connectivity index (χ4v) is 3.33. The molecule has 0 spiro atoms. The van der Waals surface area contributed by atoms with Gasteiger partial charge in [0.2, 0.25) is 11.8 Å². The van der Waals surface area contributed by atoms with Crippen molar-refractivity contribution in [2.45, 2.75) is 17.4 Å². The van der Waals surface area contributed by atoms with Crippen molar-refractivity contribution in [1.82, 2.24) is 10.2 Å². The number of ether oxygens (including phenoxy) is 2. The quantitative estimate of drug-likeness (QED) is 0.558. The first-order chi connectivity index (χ1) is 13.5. The van der Waals surface area contributed by atoms with Gasteiger partial charge in [-0.25, -0.2) is 0 Å². The molecule has 3 rings (SSSR count). The molecule has 0 radical (unpaired) electrons. The number of carbonyl (C=O) groups is 1. The number of rotatable bonds is 7. The zero-order valence-corrected chi connectivity index (χ0v) is 16.9. The average Bonchev–Trinajstić information content (AvgIpc) is 3.21. The third-order valence-electron chi connectivity index (χ3n) is 4.10. The van der Waals surface area contributed by atoms with Crippen molar-refractivity contribution < 1.29 is 18.7 Å². The fourth-order valence-electron chi connectivity index (χ4n) is 2.56. The van der Waals surface area contributed by atoms with Crippen LogP contribution in [0.5, 0.6) is 11.5 Å². The van der Waals surface area contributed by atoms with E-state index in [-0.39, 0.29) is 5.91 Å². The van der Waals surface area contributed by atoms with Crippen molar-refractivity contribution in [3.8, 4) is 23.0 Å². The van der Waals surface area contributed by atoms with Gasteiger partial charge in [0.15, 0.2) is 0 Å². The molecule has 0 aliphatic rings. The minimum atomic E-state index is -0.390. The highest BCUT2D eigenvalue weighted by atomic mass is 32.2. The van der Waals surface area contributed by atoms with E-state index in [0.29, 0.717) is 28.2 Å². The van der Waals surface area contributed by atoms with Gasteiger partial charge in [0, 0.05) is 24.4 Å². The molecule has 1 amide bonds. The van der Waals surface area contributed by atoms with Crippen LogP contribution in [0.2, 0.25) is 0 Å². The number of benzene rings is 2. The summed E-state index contributed by atoms with van der Waals surface area (Å²) in [5.41, 5.74) is 1.51. The molecule has 1 aromatic heterocycles. The van der Waals surface area contributed by atoms with E-state index in [2.05, 4.69) is 10.2 Å². The van der Waals surface area contributed by atoms with Gasteiger partial charge in [-0.1, -0.05) is 30.0 Å². The van der Waals surface area contributed by atoms with Gasteiger partial charge in [0.1, 0.15) is 11.5 Å². The molecule has 0 bridgehead atoms. The molecule has 3 aromatic rings. The minimum Gasteiger partial charge on any atom is -0.497 e. The predicted molar refractivity (Wildman–Crippen MR) is 108 cm³/mol. The largest absolute Gasteiger partial charge is 0.497 e. The van der Waals surface area contributed by atoms with Crippen molar-refractivity contribution in [3.05, 3.63) is 48.5 Å². The van der Waals surface area contributed by atoms with E-state index in [1.54, 1.807) is 44.4 Å². The highest BCUT2D eigenvalue weighted by Gasteiger charge is 2.23. The number of carbonyl (C=O) groups excluding carboxylic acids is 1. The minimum absolute atomic E-state index is 0.0565. The zero-order valence-electron chi connectivity index (χ0n) is 16.1. The van der Waals surface area contributed by atoms with E-state index in [4.69, 9.17) is 13.9 Å². The summed E-state index contributed by atoms with van der Waals surface area (Å²) in [6.07, 6.45) is 0. The van der Waals surface area contributed by atoms with Crippen LogP contribution in [0.1, 0.15) is 6.92 Å². The van der Waals surface area contributed by atoms with E-state index >= 15 is 0 Å². The van der Waals surface area contributed by atoms with Gasteiger partial charge in [0.05, 0.1) is 19.5 Å². The Morgan fingerprint density at radius 1 is 1.07 bits per heavy atom. The van der Waals surface area contributed by atoms with E-state index < -0.39 is 5.25 Å². The Kier molecular flexibility index (Phi) is 6.20. The highest BCUT2D eigenvalue weighted by Crippen LogP contribution is 2.32. The molecule has 2 aromatic carbocycles. The summed E-state index contributed by atoms with van der Waals surface area (Å²) in [4.78, 5) is 14.3. The molecule has 28 heavy (non-hydrogen) atoms. The van der Waals surface area contributed by atoms with Crippen LogP contribution in [0.25, 0.3) is 11.5 Å². The van der Waals surface area contributed by atoms with Gasteiger partial charge >= 0.3 is 0 Å². The maximum absolute atomic E-state index is 12.7. The number of hydrogen-bond acceptors (Lipinski definition) is 7. The molecule has 1 unspecified atom stereocenters. The molecule has 0 saturated heterocycles. The second-order valence-corrected chi connectivity index (χ2v) is 7.26. The van der Waals surface area contributed by atoms with Gasteiger partial charge in [-0.3, -0.25) is 4.79 Å². The van der Waals surface area contributed by atoms with Crippen molar-refractivity contribution in [2.24, 2.45) is 0 Å². The number of para-hydroxylation sites is 1. The zero-order chi connectivity index (χ0) is 20.1. The van der Waals surface area contributed by atoms with Crippen LogP contribution in [0.3, 0.4) is 0 Å². The topological polar surface area (TPSA) is 77.7 Å². The van der Waals surface area contributed by atoms with Crippen molar-refractivity contribution >= 4 is 23.4 Å². The van der Waals surface area contributed by atoms with E-state index in [1.165, 1.54) is 11.8 Å². The maximum atomic E-state index is 12.7. The molecular weight excluding hydrogens is 378 g/mol. The van der Waals surface area contributed by atoms with Crippen molar-refractivity contribution in [2.75, 3.05) is 26.2 Å². The second-order valence-electron chi connectivity index (χ2n) is 5.97. The molecule has 0 aliphatic carbocycles. The van der Waals surface area contributed by atoms with Crippen molar-refractivity contribution in [3.63, 3.8) is 0 Å². The summed E-state index contributed by atoms with van der Waals surface area (Å²) >= 11 is 1.22. The Labute approximate surface area is 167 Å². The molecule has 7 nitrogen and oxygen atoms in total. The summed E-state index contributed by atoms with van der Waals surface area (Å²) in [6, 6.07) is 14.8. The molecule has 8 heteroatoms. The third kappa shape index (κ3) is 4.45. The number of thioether (sulfide) groups is 1. The van der Waals surface area contributed by atoms with Crippen molar-refractivity contribution in [1.29, 1.82) is 0 Å². The smallest absolute Gasteiger partial charge is 0.277 e. The first-order valence-corrected chi connectivity index (χ1v) is 9.46. The van der Waals surface area contributed by atoms with Gasteiger partial charge in [-0.05, 0) is 31.2 Å².